The van der Waals surface area contributed by atoms with Gasteiger partial charge in [0.1, 0.15) is 0 Å². The Morgan fingerprint density at radius 1 is 1.78 bits per heavy atom. The lowest BCUT2D eigenvalue weighted by Crippen LogP contribution is -2.11. The highest BCUT2D eigenvalue weighted by atomic mass is 79.9. The fourth-order valence-electron chi connectivity index (χ4n) is 0.992. The van der Waals surface area contributed by atoms with Crippen LogP contribution in [-0.2, 0) is 4.74 Å². The lowest BCUT2D eigenvalue weighted by molar-refractivity contribution is 0.0951. The average Bonchev–Trinajstić information content (AvgIpc) is 1.90. The van der Waals surface area contributed by atoms with Crippen molar-refractivity contribution in [2.45, 2.75) is 25.4 Å². The van der Waals surface area contributed by atoms with Gasteiger partial charge in [-0.25, -0.2) is 0 Å². The van der Waals surface area contributed by atoms with Crippen LogP contribution in [0.3, 0.4) is 0 Å². The Balaban J connectivity index is 2.36. The number of allylic oxidation sites excluding steroid dienone is 1. The minimum Gasteiger partial charge on any atom is -0.381 e. The molecule has 52 valence electrons. The summed E-state index contributed by atoms with van der Waals surface area (Å²) in [6, 6.07) is 0. The normalized spacial score (nSPS) is 27.8. The first-order valence-electron chi connectivity index (χ1n) is 3.20. The second-order valence-corrected chi connectivity index (χ2v) is 3.30. The van der Waals surface area contributed by atoms with E-state index in [1.165, 1.54) is 4.48 Å². The second kappa shape index (κ2) is 3.37. The van der Waals surface area contributed by atoms with E-state index in [-0.39, 0.29) is 0 Å². The van der Waals surface area contributed by atoms with E-state index in [1.54, 1.807) is 7.11 Å². The van der Waals surface area contributed by atoms with Gasteiger partial charge in [-0.05, 0) is 23.7 Å². The van der Waals surface area contributed by atoms with Gasteiger partial charge >= 0.3 is 0 Å². The molecule has 1 unspecified atom stereocenters. The van der Waals surface area contributed by atoms with E-state index in [0.29, 0.717) is 6.10 Å². The Morgan fingerprint density at radius 2 is 2.56 bits per heavy atom. The second-order valence-electron chi connectivity index (χ2n) is 2.28. The molecule has 0 aromatic carbocycles. The van der Waals surface area contributed by atoms with Gasteiger partial charge in [0, 0.05) is 7.11 Å². The van der Waals surface area contributed by atoms with Crippen molar-refractivity contribution in [3.05, 3.63) is 10.6 Å². The first-order valence-corrected chi connectivity index (χ1v) is 3.99. The molecule has 9 heavy (non-hydrogen) atoms. The highest BCUT2D eigenvalue weighted by molar-refractivity contribution is 9.11. The average molecular weight is 191 g/mol. The summed E-state index contributed by atoms with van der Waals surface area (Å²) < 4.78 is 6.50. The standard InChI is InChI=1S/C7H11BrO/c1-9-7-4-2-6(8)3-5-7/h2,7H,3-5H2,1H3. The topological polar surface area (TPSA) is 9.23 Å². The van der Waals surface area contributed by atoms with Crippen LogP contribution in [0.15, 0.2) is 10.6 Å². The fourth-order valence-corrected chi connectivity index (χ4v) is 1.41. The van der Waals surface area contributed by atoms with Gasteiger partial charge in [0.2, 0.25) is 0 Å². The minimum absolute atomic E-state index is 0.464. The number of ether oxygens (including phenoxy) is 1. The molecule has 0 amide bonds. The van der Waals surface area contributed by atoms with E-state index in [4.69, 9.17) is 4.74 Å². The molecule has 1 aliphatic rings. The van der Waals surface area contributed by atoms with E-state index in [0.717, 1.165) is 19.3 Å². The quantitative estimate of drug-likeness (QED) is 0.618. The van der Waals surface area contributed by atoms with Crippen LogP contribution in [0.1, 0.15) is 19.3 Å². The minimum atomic E-state index is 0.464. The lowest BCUT2D eigenvalue weighted by atomic mass is 10.1. The molecule has 1 rings (SSSR count). The maximum Gasteiger partial charge on any atom is 0.0609 e. The molecule has 0 fully saturated rings. The zero-order chi connectivity index (χ0) is 6.69. The van der Waals surface area contributed by atoms with E-state index >= 15 is 0 Å². The molecule has 0 aromatic rings. The third-order valence-corrected chi connectivity index (χ3v) is 2.36. The summed E-state index contributed by atoms with van der Waals surface area (Å²) in [4.78, 5) is 0. The number of hydrogen-bond donors (Lipinski definition) is 0. The first-order chi connectivity index (χ1) is 4.33. The molecule has 0 N–H and O–H groups in total. The van der Waals surface area contributed by atoms with E-state index < -0.39 is 0 Å². The van der Waals surface area contributed by atoms with Gasteiger partial charge in [0.15, 0.2) is 0 Å². The predicted octanol–water partition coefficient (Wildman–Crippen LogP) is 2.46. The Labute approximate surface area is 64.2 Å². The molecule has 1 atom stereocenters. The van der Waals surface area contributed by atoms with Gasteiger partial charge in [-0.1, -0.05) is 22.0 Å². The molecule has 0 aliphatic heterocycles. The van der Waals surface area contributed by atoms with Crippen LogP contribution in [0, 0.1) is 0 Å². The van der Waals surface area contributed by atoms with Crippen molar-refractivity contribution in [1.29, 1.82) is 0 Å². The Hall–Kier alpha value is 0.180. The Bertz CT molecular complexity index is 120. The van der Waals surface area contributed by atoms with Gasteiger partial charge in [0.25, 0.3) is 0 Å². The van der Waals surface area contributed by atoms with Crippen molar-refractivity contribution in [3.8, 4) is 0 Å². The lowest BCUT2D eigenvalue weighted by Gasteiger charge is -2.17. The third kappa shape index (κ3) is 2.11. The SMILES string of the molecule is COC1CC=C(Br)CC1. The van der Waals surface area contributed by atoms with Crippen molar-refractivity contribution < 1.29 is 4.74 Å². The van der Waals surface area contributed by atoms with Gasteiger partial charge in [-0.3, -0.25) is 0 Å². The third-order valence-electron chi connectivity index (χ3n) is 1.64. The largest absolute Gasteiger partial charge is 0.381 e. The molecule has 1 nitrogen and oxygen atoms in total. The Kier molecular flexibility index (Phi) is 2.73. The summed E-state index contributed by atoms with van der Waals surface area (Å²) in [5, 5.41) is 0. The molecule has 0 aromatic heterocycles. The maximum absolute atomic E-state index is 5.17. The molecular formula is C7H11BrO. The zero-order valence-electron chi connectivity index (χ0n) is 5.56. The molecule has 0 bridgehead atoms. The Morgan fingerprint density at radius 3 is 3.00 bits per heavy atom. The van der Waals surface area contributed by atoms with Crippen LogP contribution in [0.2, 0.25) is 0 Å². The highest BCUT2D eigenvalue weighted by Crippen LogP contribution is 2.23. The fraction of sp³-hybridized carbons (Fsp3) is 0.714. The van der Waals surface area contributed by atoms with Crippen LogP contribution in [-0.4, -0.2) is 13.2 Å². The number of hydrogen-bond acceptors (Lipinski definition) is 1. The van der Waals surface area contributed by atoms with Crippen LogP contribution < -0.4 is 0 Å². The molecule has 1 aliphatic carbocycles. The first kappa shape index (κ1) is 7.29. The maximum atomic E-state index is 5.17. The van der Waals surface area contributed by atoms with Gasteiger partial charge in [0.05, 0.1) is 6.10 Å². The van der Waals surface area contributed by atoms with Crippen molar-refractivity contribution in [2.24, 2.45) is 0 Å². The smallest absolute Gasteiger partial charge is 0.0609 e. The molecule has 0 saturated carbocycles. The molecule has 0 radical (unpaired) electrons. The van der Waals surface area contributed by atoms with Crippen molar-refractivity contribution in [2.75, 3.05) is 7.11 Å². The summed E-state index contributed by atoms with van der Waals surface area (Å²) in [6.45, 7) is 0. The van der Waals surface area contributed by atoms with Gasteiger partial charge in [-0.2, -0.15) is 0 Å². The van der Waals surface area contributed by atoms with Crippen molar-refractivity contribution >= 4 is 15.9 Å². The predicted molar refractivity (Wildman–Crippen MR) is 41.7 cm³/mol. The van der Waals surface area contributed by atoms with Crippen molar-refractivity contribution in [3.63, 3.8) is 0 Å². The number of rotatable bonds is 1. The molecule has 0 heterocycles. The van der Waals surface area contributed by atoms with Crippen LogP contribution >= 0.6 is 15.9 Å². The van der Waals surface area contributed by atoms with E-state index in [1.807, 2.05) is 0 Å². The number of halogens is 1. The zero-order valence-corrected chi connectivity index (χ0v) is 7.15. The van der Waals surface area contributed by atoms with Crippen LogP contribution in [0.4, 0.5) is 0 Å². The summed E-state index contributed by atoms with van der Waals surface area (Å²) in [5.41, 5.74) is 0. The van der Waals surface area contributed by atoms with E-state index in [9.17, 15) is 0 Å². The van der Waals surface area contributed by atoms with Crippen molar-refractivity contribution in [1.82, 2.24) is 0 Å². The van der Waals surface area contributed by atoms with Crippen LogP contribution in [0.25, 0.3) is 0 Å². The van der Waals surface area contributed by atoms with Crippen LogP contribution in [0.5, 0.6) is 0 Å². The molecule has 0 spiro atoms. The van der Waals surface area contributed by atoms with E-state index in [2.05, 4.69) is 22.0 Å². The summed E-state index contributed by atoms with van der Waals surface area (Å²) in [7, 11) is 1.78. The molecular weight excluding hydrogens is 180 g/mol. The summed E-state index contributed by atoms with van der Waals surface area (Å²) in [5.74, 6) is 0. The van der Waals surface area contributed by atoms with Gasteiger partial charge in [-0.15, -0.1) is 0 Å². The van der Waals surface area contributed by atoms with Gasteiger partial charge < -0.3 is 4.74 Å². The monoisotopic (exact) mass is 190 g/mol. The highest BCUT2D eigenvalue weighted by Gasteiger charge is 2.10. The molecule has 0 saturated heterocycles. The summed E-state index contributed by atoms with van der Waals surface area (Å²) >= 11 is 3.45. The number of methoxy groups -OCH3 is 1. The molecule has 2 heteroatoms. The summed E-state index contributed by atoms with van der Waals surface area (Å²) in [6.07, 6.45) is 6.02.